The maximum atomic E-state index is 13.1. The van der Waals surface area contributed by atoms with Crippen LogP contribution in [0.3, 0.4) is 0 Å². The van der Waals surface area contributed by atoms with Crippen LogP contribution in [0.1, 0.15) is 56.1 Å². The number of carbonyl (C=O) groups excluding carboxylic acids is 2. The van der Waals surface area contributed by atoms with Crippen molar-refractivity contribution >= 4 is 18.0 Å². The van der Waals surface area contributed by atoms with E-state index < -0.39 is 18.1 Å². The van der Waals surface area contributed by atoms with Gasteiger partial charge >= 0.3 is 12.1 Å². The molecule has 2 aromatic rings. The van der Waals surface area contributed by atoms with Crippen LogP contribution < -0.4 is 5.32 Å². The molecule has 8 nitrogen and oxygen atoms in total. The maximum absolute atomic E-state index is 13.1. The van der Waals surface area contributed by atoms with Gasteiger partial charge in [-0.2, -0.15) is 5.26 Å². The molecular formula is C27H31N3O5. The van der Waals surface area contributed by atoms with Crippen LogP contribution in [0.15, 0.2) is 48.5 Å². The molecule has 2 aromatic carbocycles. The molecule has 0 aliphatic heterocycles. The number of nitrogens with one attached hydrogen (secondary N) is 1. The van der Waals surface area contributed by atoms with Crippen LogP contribution in [0, 0.1) is 11.3 Å². The average Bonchev–Trinajstić information content (AvgIpc) is 3.18. The zero-order valence-corrected chi connectivity index (χ0v) is 19.9. The minimum Gasteiger partial charge on any atom is -0.481 e. The lowest BCUT2D eigenvalue weighted by Crippen LogP contribution is -2.49. The van der Waals surface area contributed by atoms with Crippen LogP contribution in [0.2, 0.25) is 0 Å². The lowest BCUT2D eigenvalue weighted by atomic mass is 9.98. The van der Waals surface area contributed by atoms with Crippen molar-refractivity contribution in [2.24, 2.45) is 0 Å². The van der Waals surface area contributed by atoms with E-state index in [-0.39, 0.29) is 31.4 Å². The van der Waals surface area contributed by atoms with E-state index >= 15 is 0 Å². The molecule has 0 heterocycles. The molecule has 184 valence electrons. The third-order valence-electron chi connectivity index (χ3n) is 6.25. The number of hydrogen-bond acceptors (Lipinski definition) is 5. The van der Waals surface area contributed by atoms with Crippen molar-refractivity contribution in [3.05, 3.63) is 59.7 Å². The monoisotopic (exact) mass is 477 g/mol. The van der Waals surface area contributed by atoms with E-state index in [2.05, 4.69) is 23.5 Å². The Morgan fingerprint density at radius 3 is 2.29 bits per heavy atom. The molecule has 8 heteroatoms. The number of nitriles is 1. The lowest BCUT2D eigenvalue weighted by molar-refractivity contribution is -0.139. The minimum absolute atomic E-state index is 0.0612. The van der Waals surface area contributed by atoms with Crippen LogP contribution >= 0.6 is 0 Å². The summed E-state index contributed by atoms with van der Waals surface area (Å²) in [5, 5.41) is 20.4. The first-order valence-corrected chi connectivity index (χ1v) is 11.9. The Labute approximate surface area is 205 Å². The summed E-state index contributed by atoms with van der Waals surface area (Å²) in [5.74, 6) is -1.44. The van der Waals surface area contributed by atoms with E-state index in [9.17, 15) is 14.4 Å². The fourth-order valence-corrected chi connectivity index (χ4v) is 4.47. The first kappa shape index (κ1) is 25.8. The third-order valence-corrected chi connectivity index (χ3v) is 6.25. The fourth-order valence-electron chi connectivity index (χ4n) is 4.47. The number of rotatable bonds is 12. The van der Waals surface area contributed by atoms with E-state index in [1.165, 1.54) is 4.90 Å². The van der Waals surface area contributed by atoms with Crippen molar-refractivity contribution in [3.63, 3.8) is 0 Å². The van der Waals surface area contributed by atoms with Crippen molar-refractivity contribution in [1.29, 1.82) is 5.26 Å². The average molecular weight is 478 g/mol. The highest BCUT2D eigenvalue weighted by atomic mass is 16.5. The second-order valence-corrected chi connectivity index (χ2v) is 8.49. The van der Waals surface area contributed by atoms with Gasteiger partial charge in [-0.1, -0.05) is 48.5 Å². The third kappa shape index (κ3) is 6.60. The predicted octanol–water partition coefficient (Wildman–Crippen LogP) is 4.30. The molecule has 1 atom stereocenters. The summed E-state index contributed by atoms with van der Waals surface area (Å²) >= 11 is 0. The number of carboxylic acid groups (broad SMARTS) is 1. The SMILES string of the molecule is CCN(CCC(=O)O)C(=O)C(CCCCC#N)NC(=O)OCC1c2ccccc2-c2ccccc21. The molecule has 0 saturated heterocycles. The number of hydrogen-bond donors (Lipinski definition) is 2. The topological polar surface area (TPSA) is 120 Å². The Kier molecular flexibility index (Phi) is 9.24. The molecule has 2 N–H and O–H groups in total. The van der Waals surface area contributed by atoms with Gasteiger partial charge in [-0.15, -0.1) is 0 Å². The highest BCUT2D eigenvalue weighted by molar-refractivity contribution is 5.86. The van der Waals surface area contributed by atoms with Gasteiger partial charge in [-0.25, -0.2) is 4.79 Å². The molecule has 0 spiro atoms. The predicted molar refractivity (Wildman–Crippen MR) is 131 cm³/mol. The van der Waals surface area contributed by atoms with Gasteiger partial charge in [0.2, 0.25) is 5.91 Å². The second kappa shape index (κ2) is 12.6. The number of amides is 2. The standard InChI is InChI=1S/C27H31N3O5/c1-2-30(17-15-25(31)32)26(33)24(14-4-3-9-16-28)29-27(34)35-18-23-21-12-7-5-10-19(21)20-11-6-8-13-22(20)23/h5-8,10-13,23-24H,2-4,9,14-15,17-18H2,1H3,(H,29,34)(H,31,32). The number of nitrogens with zero attached hydrogens (tertiary/aromatic N) is 2. The lowest BCUT2D eigenvalue weighted by Gasteiger charge is -2.26. The van der Waals surface area contributed by atoms with Gasteiger partial charge in [-0.05, 0) is 48.4 Å². The Balaban J connectivity index is 1.66. The van der Waals surface area contributed by atoms with E-state index in [0.717, 1.165) is 22.3 Å². The van der Waals surface area contributed by atoms with Crippen molar-refractivity contribution in [2.75, 3.05) is 19.7 Å². The van der Waals surface area contributed by atoms with Gasteiger partial charge in [-0.3, -0.25) is 9.59 Å². The van der Waals surface area contributed by atoms with Crippen molar-refractivity contribution in [3.8, 4) is 17.2 Å². The number of carbonyl (C=O) groups is 3. The summed E-state index contributed by atoms with van der Waals surface area (Å²) in [6.45, 7) is 2.28. The number of ether oxygens (including phenoxy) is 1. The Bertz CT molecular complexity index is 1050. The summed E-state index contributed by atoms with van der Waals surface area (Å²) < 4.78 is 5.59. The molecule has 0 fully saturated rings. The van der Waals surface area contributed by atoms with Crippen LogP contribution in [0.4, 0.5) is 4.79 Å². The quantitative estimate of drug-likeness (QED) is 0.440. The van der Waals surface area contributed by atoms with Crippen molar-refractivity contribution < 1.29 is 24.2 Å². The van der Waals surface area contributed by atoms with Crippen LogP contribution in [0.25, 0.3) is 11.1 Å². The number of benzene rings is 2. The number of fused-ring (bicyclic) bond motifs is 3. The molecule has 2 amide bonds. The summed E-state index contributed by atoms with van der Waals surface area (Å²) in [6, 6.07) is 17.3. The number of aliphatic carboxylic acids is 1. The molecule has 1 aliphatic rings. The zero-order valence-electron chi connectivity index (χ0n) is 19.9. The first-order chi connectivity index (χ1) is 17.0. The van der Waals surface area contributed by atoms with E-state index in [4.69, 9.17) is 15.1 Å². The van der Waals surface area contributed by atoms with Crippen LogP contribution in [-0.2, 0) is 14.3 Å². The van der Waals surface area contributed by atoms with Gasteiger partial charge in [0.25, 0.3) is 0 Å². The van der Waals surface area contributed by atoms with Crippen LogP contribution in [0.5, 0.6) is 0 Å². The molecule has 1 unspecified atom stereocenters. The van der Waals surface area contributed by atoms with Crippen LogP contribution in [-0.4, -0.2) is 53.7 Å². The minimum atomic E-state index is -0.994. The summed E-state index contributed by atoms with van der Waals surface area (Å²) in [7, 11) is 0. The van der Waals surface area contributed by atoms with E-state index in [0.29, 0.717) is 32.2 Å². The maximum Gasteiger partial charge on any atom is 0.407 e. The van der Waals surface area contributed by atoms with E-state index in [1.54, 1.807) is 6.92 Å². The Morgan fingerprint density at radius 1 is 1.09 bits per heavy atom. The molecule has 0 bridgehead atoms. The number of unbranched alkanes of at least 4 members (excludes halogenated alkanes) is 2. The number of alkyl carbamates (subject to hydrolysis) is 1. The van der Waals surface area contributed by atoms with Gasteiger partial charge in [0.05, 0.1) is 12.5 Å². The molecule has 1 aliphatic carbocycles. The highest BCUT2D eigenvalue weighted by Gasteiger charge is 2.30. The van der Waals surface area contributed by atoms with Gasteiger partial charge < -0.3 is 20.1 Å². The Hall–Kier alpha value is -3.86. The van der Waals surface area contributed by atoms with Gasteiger partial charge in [0.1, 0.15) is 12.6 Å². The molecule has 0 saturated carbocycles. The molecule has 35 heavy (non-hydrogen) atoms. The second-order valence-electron chi connectivity index (χ2n) is 8.49. The van der Waals surface area contributed by atoms with Crippen molar-refractivity contribution in [1.82, 2.24) is 10.2 Å². The summed E-state index contributed by atoms with van der Waals surface area (Å²) in [6.07, 6.45) is 1.01. The Morgan fingerprint density at radius 2 is 1.71 bits per heavy atom. The highest BCUT2D eigenvalue weighted by Crippen LogP contribution is 2.44. The summed E-state index contributed by atoms with van der Waals surface area (Å²) in [5.41, 5.74) is 4.44. The normalized spacial score (nSPS) is 12.7. The summed E-state index contributed by atoms with van der Waals surface area (Å²) in [4.78, 5) is 38.2. The largest absolute Gasteiger partial charge is 0.481 e. The molecular weight excluding hydrogens is 446 g/mol. The van der Waals surface area contributed by atoms with E-state index in [1.807, 2.05) is 36.4 Å². The first-order valence-electron chi connectivity index (χ1n) is 11.9. The van der Waals surface area contributed by atoms with Gasteiger partial charge in [0, 0.05) is 25.4 Å². The molecule has 3 rings (SSSR count). The fraction of sp³-hybridized carbons (Fsp3) is 0.407. The number of carboxylic acids is 1. The molecule has 0 aromatic heterocycles. The molecule has 0 radical (unpaired) electrons. The van der Waals surface area contributed by atoms with Crippen molar-refractivity contribution in [2.45, 2.75) is 51.0 Å². The zero-order chi connectivity index (χ0) is 25.2. The number of likely N-dealkylation sites (N-methyl/N-ethyl adjacent to an activating group) is 1. The van der Waals surface area contributed by atoms with Gasteiger partial charge in [0.15, 0.2) is 0 Å². The smallest absolute Gasteiger partial charge is 0.407 e.